The second kappa shape index (κ2) is 8.58. The lowest BCUT2D eigenvalue weighted by molar-refractivity contribution is -0.155. The molecule has 1 N–H and O–H groups in total. The Labute approximate surface area is 148 Å². The molecule has 1 unspecified atom stereocenters. The minimum absolute atomic E-state index is 0.229. The van der Waals surface area contributed by atoms with Crippen molar-refractivity contribution in [3.8, 4) is 11.8 Å². The smallest absolute Gasteiger partial charge is 0.344 e. The molecule has 0 radical (unpaired) electrons. The van der Waals surface area contributed by atoms with E-state index in [9.17, 15) is 18.4 Å². The summed E-state index contributed by atoms with van der Waals surface area (Å²) in [6.45, 7) is 0.852. The van der Waals surface area contributed by atoms with E-state index in [0.29, 0.717) is 17.4 Å². The molecule has 6 nitrogen and oxygen atoms in total. The third-order valence-corrected chi connectivity index (χ3v) is 3.21. The number of nitrogens with one attached hydrogen (secondary N) is 1. The van der Waals surface area contributed by atoms with Crippen LogP contribution < -0.4 is 10.1 Å². The van der Waals surface area contributed by atoms with Crippen molar-refractivity contribution >= 4 is 17.6 Å². The Hall–Kier alpha value is -3.47. The van der Waals surface area contributed by atoms with Crippen LogP contribution in [0.15, 0.2) is 42.5 Å². The second-order valence-electron chi connectivity index (χ2n) is 5.17. The van der Waals surface area contributed by atoms with Crippen molar-refractivity contribution in [3.63, 3.8) is 0 Å². The van der Waals surface area contributed by atoms with E-state index in [1.54, 1.807) is 0 Å². The molecule has 0 spiro atoms. The molecule has 0 saturated carbocycles. The number of nitrogens with zero attached hydrogens (tertiary/aromatic N) is 1. The number of ether oxygens (including phenoxy) is 2. The van der Waals surface area contributed by atoms with Gasteiger partial charge in [-0.1, -0.05) is 0 Å². The predicted molar refractivity (Wildman–Crippen MR) is 87.2 cm³/mol. The summed E-state index contributed by atoms with van der Waals surface area (Å²) in [7, 11) is 0. The van der Waals surface area contributed by atoms with Crippen molar-refractivity contribution in [2.45, 2.75) is 13.0 Å². The topological polar surface area (TPSA) is 88.4 Å². The summed E-state index contributed by atoms with van der Waals surface area (Å²) in [4.78, 5) is 23.6. The maximum absolute atomic E-state index is 13.5. The Morgan fingerprint density at radius 1 is 1.19 bits per heavy atom. The van der Waals surface area contributed by atoms with Gasteiger partial charge >= 0.3 is 5.97 Å². The molecule has 2 aromatic rings. The molecule has 0 bridgehead atoms. The monoisotopic (exact) mass is 360 g/mol. The molecule has 1 atom stereocenters. The fourth-order valence-electron chi connectivity index (χ4n) is 1.88. The molecule has 0 fully saturated rings. The quantitative estimate of drug-likeness (QED) is 0.801. The van der Waals surface area contributed by atoms with Crippen LogP contribution in [0.25, 0.3) is 0 Å². The zero-order chi connectivity index (χ0) is 19.1. The minimum Gasteiger partial charge on any atom is -0.482 e. The molecule has 0 aliphatic rings. The number of hydrogen-bond acceptors (Lipinski definition) is 5. The van der Waals surface area contributed by atoms with E-state index < -0.39 is 36.2 Å². The van der Waals surface area contributed by atoms with Gasteiger partial charge < -0.3 is 14.8 Å². The van der Waals surface area contributed by atoms with Crippen LogP contribution in [0.5, 0.6) is 5.75 Å². The molecule has 0 aliphatic carbocycles. The number of carbonyl (C=O) groups excluding carboxylic acids is 2. The molecule has 2 aromatic carbocycles. The summed E-state index contributed by atoms with van der Waals surface area (Å²) in [6, 6.07) is 10.7. The molecular formula is C18H14F2N2O4. The van der Waals surface area contributed by atoms with Crippen LogP contribution in [-0.4, -0.2) is 24.6 Å². The fraction of sp³-hybridized carbons (Fsp3) is 0.167. The lowest BCUT2D eigenvalue weighted by atomic mass is 10.2. The number of nitriles is 1. The van der Waals surface area contributed by atoms with Crippen LogP contribution in [0.3, 0.4) is 0 Å². The van der Waals surface area contributed by atoms with Gasteiger partial charge in [-0.25, -0.2) is 13.6 Å². The van der Waals surface area contributed by atoms with Crippen molar-refractivity contribution in [3.05, 3.63) is 59.7 Å². The Morgan fingerprint density at radius 2 is 1.88 bits per heavy atom. The normalized spacial score (nSPS) is 11.2. The van der Waals surface area contributed by atoms with Crippen molar-refractivity contribution in [2.75, 3.05) is 11.9 Å². The van der Waals surface area contributed by atoms with Crippen LogP contribution in [0.4, 0.5) is 14.5 Å². The summed E-state index contributed by atoms with van der Waals surface area (Å²) in [5.74, 6) is -2.95. The summed E-state index contributed by atoms with van der Waals surface area (Å²) < 4.78 is 36.4. The van der Waals surface area contributed by atoms with Gasteiger partial charge in [0.05, 0.1) is 17.3 Å². The average Bonchev–Trinajstić information content (AvgIpc) is 2.62. The van der Waals surface area contributed by atoms with Crippen molar-refractivity contribution in [1.82, 2.24) is 0 Å². The molecule has 2 rings (SSSR count). The molecule has 0 saturated heterocycles. The maximum atomic E-state index is 13.5. The number of hydrogen-bond donors (Lipinski definition) is 1. The van der Waals surface area contributed by atoms with Crippen LogP contribution in [0.2, 0.25) is 0 Å². The number of amides is 1. The Bertz CT molecular complexity index is 847. The van der Waals surface area contributed by atoms with Crippen LogP contribution in [0, 0.1) is 23.0 Å². The van der Waals surface area contributed by atoms with Gasteiger partial charge in [-0.05, 0) is 43.3 Å². The largest absolute Gasteiger partial charge is 0.482 e. The zero-order valence-corrected chi connectivity index (χ0v) is 13.7. The number of halogens is 2. The van der Waals surface area contributed by atoms with E-state index in [2.05, 4.69) is 5.32 Å². The van der Waals surface area contributed by atoms with Crippen LogP contribution >= 0.6 is 0 Å². The van der Waals surface area contributed by atoms with Crippen molar-refractivity contribution in [2.24, 2.45) is 0 Å². The third kappa shape index (κ3) is 5.27. The number of anilines is 1. The molecule has 0 aliphatic heterocycles. The van der Waals surface area contributed by atoms with E-state index in [-0.39, 0.29) is 5.69 Å². The van der Waals surface area contributed by atoms with Crippen LogP contribution in [0.1, 0.15) is 12.5 Å². The first-order valence-corrected chi connectivity index (χ1v) is 7.47. The standard InChI is InChI=1S/C18H14F2N2O4/c1-11(18(24)22-16-7-4-13(19)8-15(16)20)26-17(23)10-25-14-5-2-12(9-21)3-6-14/h2-8,11H,10H2,1H3,(H,22,24). The molecule has 134 valence electrons. The molecule has 0 aromatic heterocycles. The fourth-order valence-corrected chi connectivity index (χ4v) is 1.88. The summed E-state index contributed by atoms with van der Waals surface area (Å²) in [5.41, 5.74) is 0.214. The van der Waals surface area contributed by atoms with E-state index in [1.165, 1.54) is 31.2 Å². The Kier molecular flexibility index (Phi) is 6.22. The highest BCUT2D eigenvalue weighted by Crippen LogP contribution is 2.15. The van der Waals surface area contributed by atoms with E-state index in [1.807, 2.05) is 6.07 Å². The van der Waals surface area contributed by atoms with Gasteiger partial charge in [-0.15, -0.1) is 0 Å². The van der Waals surface area contributed by atoms with Gasteiger partial charge in [0.1, 0.15) is 17.4 Å². The minimum atomic E-state index is -1.21. The lowest BCUT2D eigenvalue weighted by Gasteiger charge is -2.14. The SMILES string of the molecule is CC(OC(=O)COc1ccc(C#N)cc1)C(=O)Nc1ccc(F)cc1F. The zero-order valence-electron chi connectivity index (χ0n) is 13.7. The van der Waals surface area contributed by atoms with Gasteiger partial charge in [-0.3, -0.25) is 4.79 Å². The number of carbonyl (C=O) groups is 2. The van der Waals surface area contributed by atoms with Gasteiger partial charge in [0.25, 0.3) is 5.91 Å². The highest BCUT2D eigenvalue weighted by molar-refractivity contribution is 5.95. The van der Waals surface area contributed by atoms with Gasteiger partial charge in [-0.2, -0.15) is 5.26 Å². The summed E-state index contributed by atoms with van der Waals surface area (Å²) in [6.07, 6.45) is -1.21. The average molecular weight is 360 g/mol. The predicted octanol–water partition coefficient (Wildman–Crippen LogP) is 2.79. The van der Waals surface area contributed by atoms with Crippen molar-refractivity contribution < 1.29 is 27.8 Å². The van der Waals surface area contributed by atoms with E-state index >= 15 is 0 Å². The molecule has 26 heavy (non-hydrogen) atoms. The van der Waals surface area contributed by atoms with Gasteiger partial charge in [0.2, 0.25) is 0 Å². The second-order valence-corrected chi connectivity index (χ2v) is 5.17. The van der Waals surface area contributed by atoms with Crippen molar-refractivity contribution in [1.29, 1.82) is 5.26 Å². The number of benzene rings is 2. The maximum Gasteiger partial charge on any atom is 0.344 e. The van der Waals surface area contributed by atoms with Gasteiger partial charge in [0.15, 0.2) is 12.7 Å². The molecular weight excluding hydrogens is 346 g/mol. The first kappa shape index (κ1) is 18.9. The summed E-state index contributed by atoms with van der Waals surface area (Å²) in [5, 5.41) is 10.9. The highest BCUT2D eigenvalue weighted by atomic mass is 19.1. The third-order valence-electron chi connectivity index (χ3n) is 3.21. The van der Waals surface area contributed by atoms with Crippen LogP contribution in [-0.2, 0) is 14.3 Å². The Morgan fingerprint density at radius 3 is 2.50 bits per heavy atom. The molecule has 0 heterocycles. The van der Waals surface area contributed by atoms with E-state index in [0.717, 1.165) is 12.1 Å². The molecule has 1 amide bonds. The Balaban J connectivity index is 1.83. The lowest BCUT2D eigenvalue weighted by Crippen LogP contribution is -2.32. The van der Waals surface area contributed by atoms with Gasteiger partial charge in [0, 0.05) is 6.07 Å². The van der Waals surface area contributed by atoms with E-state index in [4.69, 9.17) is 14.7 Å². The number of esters is 1. The molecule has 8 heteroatoms. The first-order valence-electron chi connectivity index (χ1n) is 7.47. The highest BCUT2D eigenvalue weighted by Gasteiger charge is 2.19. The summed E-state index contributed by atoms with van der Waals surface area (Å²) >= 11 is 0. The first-order chi connectivity index (χ1) is 12.4. The number of rotatable bonds is 6.